The molecule has 5 heterocycles. The first kappa shape index (κ1) is 22.9. The minimum absolute atomic E-state index is 0.0902. The molecule has 0 bridgehead atoms. The Morgan fingerprint density at radius 2 is 1.83 bits per heavy atom. The van der Waals surface area contributed by atoms with Crippen molar-refractivity contribution in [3.05, 3.63) is 47.3 Å². The Kier molecular flexibility index (Phi) is 5.81. The van der Waals surface area contributed by atoms with E-state index in [9.17, 15) is 19.2 Å². The molecule has 1 aromatic carbocycles. The molecular weight excluding hydrogens is 464 g/mol. The zero-order valence-electron chi connectivity index (χ0n) is 19.8. The van der Waals surface area contributed by atoms with Gasteiger partial charge in [-0.05, 0) is 31.4 Å². The molecule has 3 saturated heterocycles. The summed E-state index contributed by atoms with van der Waals surface area (Å²) in [5.74, 6) is -2.04. The van der Waals surface area contributed by atoms with Crippen LogP contribution in [0.5, 0.6) is 0 Å². The minimum atomic E-state index is -0.982. The summed E-state index contributed by atoms with van der Waals surface area (Å²) in [6.07, 6.45) is 6.17. The van der Waals surface area contributed by atoms with Gasteiger partial charge in [-0.25, -0.2) is 0 Å². The first-order valence-corrected chi connectivity index (χ1v) is 12.4. The predicted octanol–water partition coefficient (Wildman–Crippen LogP) is 0.932. The van der Waals surface area contributed by atoms with Gasteiger partial charge >= 0.3 is 0 Å². The molecule has 1 atom stereocenters. The van der Waals surface area contributed by atoms with Gasteiger partial charge in [-0.2, -0.15) is 5.10 Å². The zero-order valence-corrected chi connectivity index (χ0v) is 19.8. The Morgan fingerprint density at radius 3 is 2.56 bits per heavy atom. The van der Waals surface area contributed by atoms with Crippen molar-refractivity contribution in [2.45, 2.75) is 50.4 Å². The third kappa shape index (κ3) is 3.97. The van der Waals surface area contributed by atoms with Crippen LogP contribution in [0.4, 0.5) is 5.69 Å². The highest BCUT2D eigenvalue weighted by Crippen LogP contribution is 2.33. The highest BCUT2D eigenvalue weighted by molar-refractivity contribution is 6.25. The van der Waals surface area contributed by atoms with Crippen LogP contribution >= 0.6 is 0 Å². The van der Waals surface area contributed by atoms with Crippen LogP contribution in [0.1, 0.15) is 58.0 Å². The average Bonchev–Trinajstić information content (AvgIpc) is 3.41. The predicted molar refractivity (Wildman–Crippen MR) is 127 cm³/mol. The fourth-order valence-corrected chi connectivity index (χ4v) is 5.48. The van der Waals surface area contributed by atoms with Gasteiger partial charge in [-0.3, -0.25) is 39.0 Å². The molecule has 11 heteroatoms. The molecule has 4 aliphatic heterocycles. The molecule has 0 aliphatic carbocycles. The van der Waals surface area contributed by atoms with Crippen molar-refractivity contribution in [3.8, 4) is 0 Å². The van der Waals surface area contributed by atoms with E-state index in [4.69, 9.17) is 4.74 Å². The third-order valence-electron chi connectivity index (χ3n) is 7.62. The van der Waals surface area contributed by atoms with E-state index < -0.39 is 29.7 Å². The number of carbonyl (C=O) groups excluding carboxylic acids is 4. The molecule has 2 aromatic rings. The molecule has 36 heavy (non-hydrogen) atoms. The lowest BCUT2D eigenvalue weighted by atomic mass is 10.0. The topological polar surface area (TPSA) is 126 Å². The summed E-state index contributed by atoms with van der Waals surface area (Å²) in [5.41, 5.74) is 2.02. The van der Waals surface area contributed by atoms with Gasteiger partial charge in [0.15, 0.2) is 0 Å². The molecule has 2 N–H and O–H groups in total. The average molecular weight is 493 g/mol. The second-order valence-electron chi connectivity index (χ2n) is 9.82. The molecule has 4 aliphatic rings. The van der Waals surface area contributed by atoms with Gasteiger partial charge in [0.2, 0.25) is 11.8 Å². The van der Waals surface area contributed by atoms with Crippen LogP contribution in [0.2, 0.25) is 0 Å². The van der Waals surface area contributed by atoms with E-state index in [1.54, 1.807) is 18.2 Å². The number of nitrogens with zero attached hydrogens (tertiary/aromatic N) is 4. The van der Waals surface area contributed by atoms with Crippen LogP contribution < -0.4 is 10.6 Å². The number of ether oxygens (including phenoxy) is 1. The van der Waals surface area contributed by atoms with Crippen molar-refractivity contribution in [2.75, 3.05) is 31.6 Å². The molecule has 6 rings (SSSR count). The molecule has 0 radical (unpaired) electrons. The molecule has 1 unspecified atom stereocenters. The molecule has 1 aromatic heterocycles. The lowest BCUT2D eigenvalue weighted by Gasteiger charge is -2.41. The maximum atomic E-state index is 13.2. The minimum Gasteiger partial charge on any atom is -0.380 e. The molecule has 0 saturated carbocycles. The van der Waals surface area contributed by atoms with Gasteiger partial charge in [0.1, 0.15) is 6.04 Å². The maximum absolute atomic E-state index is 13.2. The molecule has 188 valence electrons. The Bertz CT molecular complexity index is 1230. The molecule has 11 nitrogen and oxygen atoms in total. The van der Waals surface area contributed by atoms with E-state index in [1.807, 2.05) is 17.1 Å². The van der Waals surface area contributed by atoms with Crippen molar-refractivity contribution >= 4 is 29.3 Å². The number of fused-ring (bicyclic) bond motifs is 1. The first-order valence-electron chi connectivity index (χ1n) is 12.4. The lowest BCUT2D eigenvalue weighted by Crippen LogP contribution is -2.54. The van der Waals surface area contributed by atoms with Crippen molar-refractivity contribution in [1.82, 2.24) is 24.9 Å². The van der Waals surface area contributed by atoms with Gasteiger partial charge in [0.05, 0.1) is 42.6 Å². The van der Waals surface area contributed by atoms with Crippen LogP contribution in [0.15, 0.2) is 30.6 Å². The number of benzene rings is 1. The number of hydrogen-bond donors (Lipinski definition) is 2. The number of amides is 4. The lowest BCUT2D eigenvalue weighted by molar-refractivity contribution is -0.136. The van der Waals surface area contributed by atoms with E-state index in [0.29, 0.717) is 24.3 Å². The first-order chi connectivity index (χ1) is 17.5. The monoisotopic (exact) mass is 492 g/mol. The van der Waals surface area contributed by atoms with Gasteiger partial charge in [0, 0.05) is 43.5 Å². The Hall–Kier alpha value is -3.57. The Balaban J connectivity index is 1.12. The second-order valence-corrected chi connectivity index (χ2v) is 9.82. The van der Waals surface area contributed by atoms with Crippen LogP contribution in [0.3, 0.4) is 0 Å². The third-order valence-corrected chi connectivity index (χ3v) is 7.62. The normalized spacial score (nSPS) is 23.6. The van der Waals surface area contributed by atoms with E-state index in [1.165, 1.54) is 0 Å². The highest BCUT2D eigenvalue weighted by atomic mass is 16.5. The molecule has 0 spiro atoms. The Labute approximate surface area is 207 Å². The summed E-state index contributed by atoms with van der Waals surface area (Å²) in [5, 5.41) is 10.1. The number of piperidine rings is 2. The zero-order chi connectivity index (χ0) is 24.8. The van der Waals surface area contributed by atoms with Crippen LogP contribution in [0.25, 0.3) is 0 Å². The number of aromatic nitrogens is 2. The number of likely N-dealkylation sites (tertiary alicyclic amines) is 1. The summed E-state index contributed by atoms with van der Waals surface area (Å²) in [6.45, 7) is 4.20. The maximum Gasteiger partial charge on any atom is 0.264 e. The SMILES string of the molecule is O=C1CCC(N2C(=O)c3cccc(NCc4cnn(C5CCN(C6COC6)CC5)c4)c3C2=O)C(=O)N1. The van der Waals surface area contributed by atoms with Gasteiger partial charge in [0.25, 0.3) is 11.8 Å². The van der Waals surface area contributed by atoms with E-state index in [-0.39, 0.29) is 24.0 Å². The summed E-state index contributed by atoms with van der Waals surface area (Å²) in [4.78, 5) is 53.6. The number of anilines is 1. The number of hydrogen-bond acceptors (Lipinski definition) is 8. The number of carbonyl (C=O) groups is 4. The summed E-state index contributed by atoms with van der Waals surface area (Å²) < 4.78 is 7.34. The van der Waals surface area contributed by atoms with Gasteiger partial charge < -0.3 is 10.1 Å². The quantitative estimate of drug-likeness (QED) is 0.571. The summed E-state index contributed by atoms with van der Waals surface area (Å²) in [7, 11) is 0. The van der Waals surface area contributed by atoms with Crippen LogP contribution in [-0.4, -0.2) is 81.6 Å². The van der Waals surface area contributed by atoms with Crippen molar-refractivity contribution in [1.29, 1.82) is 0 Å². The van der Waals surface area contributed by atoms with Crippen molar-refractivity contribution in [3.63, 3.8) is 0 Å². The number of imide groups is 2. The number of rotatable bonds is 6. The number of nitrogens with one attached hydrogen (secondary N) is 2. The van der Waals surface area contributed by atoms with E-state index in [0.717, 1.165) is 49.6 Å². The van der Waals surface area contributed by atoms with Crippen molar-refractivity contribution < 1.29 is 23.9 Å². The Morgan fingerprint density at radius 1 is 1.03 bits per heavy atom. The second kappa shape index (κ2) is 9.14. The van der Waals surface area contributed by atoms with Crippen LogP contribution in [-0.2, 0) is 20.9 Å². The molecular formula is C25H28N6O5. The smallest absolute Gasteiger partial charge is 0.264 e. The van der Waals surface area contributed by atoms with E-state index >= 15 is 0 Å². The summed E-state index contributed by atoms with van der Waals surface area (Å²) >= 11 is 0. The van der Waals surface area contributed by atoms with E-state index in [2.05, 4.69) is 20.6 Å². The molecule has 3 fully saturated rings. The standard InChI is InChI=1S/C25H28N6O5/c32-21-5-4-20(23(33)28-21)31-24(34)18-2-1-3-19(22(18)25(31)35)26-10-15-11-27-30(12-15)16-6-8-29(9-7-16)17-13-36-14-17/h1-3,11-12,16-17,20,26H,4-10,13-14H2,(H,28,32,33). The fourth-order valence-electron chi connectivity index (χ4n) is 5.48. The fraction of sp³-hybridized carbons (Fsp3) is 0.480. The molecule has 4 amide bonds. The highest BCUT2D eigenvalue weighted by Gasteiger charge is 2.45. The van der Waals surface area contributed by atoms with Crippen molar-refractivity contribution in [2.24, 2.45) is 0 Å². The summed E-state index contributed by atoms with van der Waals surface area (Å²) in [6, 6.07) is 5.00. The van der Waals surface area contributed by atoms with Gasteiger partial charge in [-0.1, -0.05) is 6.07 Å². The van der Waals surface area contributed by atoms with Crippen LogP contribution in [0, 0.1) is 0 Å². The van der Waals surface area contributed by atoms with Gasteiger partial charge in [-0.15, -0.1) is 0 Å². The largest absolute Gasteiger partial charge is 0.380 e.